The number of hydrogen-bond donors (Lipinski definition) is 1. The van der Waals surface area contributed by atoms with Crippen LogP contribution < -0.4 is 5.32 Å². The Bertz CT molecular complexity index is 1000. The number of pyridine rings is 2. The third-order valence-corrected chi connectivity index (χ3v) is 5.72. The predicted molar refractivity (Wildman–Crippen MR) is 114 cm³/mol. The summed E-state index contributed by atoms with van der Waals surface area (Å²) in [5.74, 6) is 0.0603. The molecular formula is C23H29N5O. The summed E-state index contributed by atoms with van der Waals surface area (Å²) >= 11 is 0. The zero-order valence-electron chi connectivity index (χ0n) is 17.3. The summed E-state index contributed by atoms with van der Waals surface area (Å²) in [6.45, 7) is 7.08. The van der Waals surface area contributed by atoms with Crippen molar-refractivity contribution in [2.75, 3.05) is 13.1 Å². The molecule has 3 aromatic rings. The van der Waals surface area contributed by atoms with E-state index in [1.54, 1.807) is 0 Å². The molecule has 1 aliphatic heterocycles. The third-order valence-electron chi connectivity index (χ3n) is 5.72. The van der Waals surface area contributed by atoms with Crippen LogP contribution in [0, 0.1) is 13.8 Å². The molecule has 0 aliphatic carbocycles. The molecule has 1 fully saturated rings. The van der Waals surface area contributed by atoms with E-state index in [1.165, 1.54) is 18.4 Å². The van der Waals surface area contributed by atoms with Gasteiger partial charge >= 0.3 is 0 Å². The van der Waals surface area contributed by atoms with Gasteiger partial charge in [0, 0.05) is 44.8 Å². The van der Waals surface area contributed by atoms with Crippen LogP contribution in [0.2, 0.25) is 0 Å². The average Bonchev–Trinajstić information content (AvgIpc) is 2.89. The van der Waals surface area contributed by atoms with Crippen molar-refractivity contribution in [3.63, 3.8) is 0 Å². The molecule has 152 valence electrons. The Morgan fingerprint density at radius 2 is 1.90 bits per heavy atom. The van der Waals surface area contributed by atoms with Crippen molar-refractivity contribution in [2.24, 2.45) is 0 Å². The molecular weight excluding hydrogens is 362 g/mol. The molecule has 0 aromatic carbocycles. The Balaban J connectivity index is 1.61. The quantitative estimate of drug-likeness (QED) is 0.721. The van der Waals surface area contributed by atoms with Crippen molar-refractivity contribution in [1.82, 2.24) is 24.6 Å². The Hall–Kier alpha value is -2.73. The second kappa shape index (κ2) is 8.74. The fraction of sp³-hybridized carbons (Fsp3) is 0.435. The van der Waals surface area contributed by atoms with Crippen LogP contribution in [-0.4, -0.2) is 38.3 Å². The van der Waals surface area contributed by atoms with Crippen molar-refractivity contribution >= 4 is 11.6 Å². The molecule has 1 saturated heterocycles. The highest BCUT2D eigenvalue weighted by atomic mass is 16.2. The fourth-order valence-electron chi connectivity index (χ4n) is 3.98. The zero-order chi connectivity index (χ0) is 20.2. The Morgan fingerprint density at radius 3 is 2.66 bits per heavy atom. The Morgan fingerprint density at radius 1 is 1.10 bits per heavy atom. The first kappa shape index (κ1) is 19.6. The maximum Gasteiger partial charge on any atom is 0.274 e. The van der Waals surface area contributed by atoms with Crippen molar-refractivity contribution in [2.45, 2.75) is 52.6 Å². The standard InChI is InChI=1S/C23H29N5O/c1-17-8-12-28-20(16-25-15-19-7-9-24-14-18(19)2)22(26-21(28)13-17)23(29)27-10-5-3-4-6-11-27/h7-9,12-14,25H,3-6,10-11,15-16H2,1-2H3. The number of aryl methyl sites for hydroxylation is 2. The summed E-state index contributed by atoms with van der Waals surface area (Å²) in [7, 11) is 0. The second-order valence-electron chi connectivity index (χ2n) is 7.95. The smallest absolute Gasteiger partial charge is 0.274 e. The van der Waals surface area contributed by atoms with E-state index >= 15 is 0 Å². The lowest BCUT2D eigenvalue weighted by Crippen LogP contribution is -2.33. The van der Waals surface area contributed by atoms with Crippen LogP contribution in [0.3, 0.4) is 0 Å². The minimum absolute atomic E-state index is 0.0603. The van der Waals surface area contributed by atoms with E-state index in [-0.39, 0.29) is 5.91 Å². The number of imidazole rings is 1. The summed E-state index contributed by atoms with van der Waals surface area (Å²) < 4.78 is 2.05. The van der Waals surface area contributed by atoms with Gasteiger partial charge in [0.25, 0.3) is 5.91 Å². The molecule has 29 heavy (non-hydrogen) atoms. The number of hydrogen-bond acceptors (Lipinski definition) is 4. The van der Waals surface area contributed by atoms with E-state index < -0.39 is 0 Å². The summed E-state index contributed by atoms with van der Waals surface area (Å²) in [5, 5.41) is 3.50. The van der Waals surface area contributed by atoms with Gasteiger partial charge in [-0.3, -0.25) is 9.78 Å². The fourth-order valence-corrected chi connectivity index (χ4v) is 3.98. The van der Waals surface area contributed by atoms with Crippen molar-refractivity contribution in [3.05, 3.63) is 64.9 Å². The number of fused-ring (bicyclic) bond motifs is 1. The molecule has 0 saturated carbocycles. The van der Waals surface area contributed by atoms with Gasteiger partial charge in [0.05, 0.1) is 5.69 Å². The van der Waals surface area contributed by atoms with Crippen molar-refractivity contribution in [3.8, 4) is 0 Å². The number of rotatable bonds is 5. The van der Waals surface area contributed by atoms with Gasteiger partial charge in [0.15, 0.2) is 5.69 Å². The van der Waals surface area contributed by atoms with Crippen LogP contribution in [0.5, 0.6) is 0 Å². The number of nitrogens with zero attached hydrogens (tertiary/aromatic N) is 4. The number of aromatic nitrogens is 3. The van der Waals surface area contributed by atoms with Crippen LogP contribution in [0.15, 0.2) is 36.8 Å². The lowest BCUT2D eigenvalue weighted by atomic mass is 10.1. The first-order valence-corrected chi connectivity index (χ1v) is 10.5. The van der Waals surface area contributed by atoms with Crippen molar-refractivity contribution < 1.29 is 4.79 Å². The van der Waals surface area contributed by atoms with Crippen LogP contribution in [-0.2, 0) is 13.1 Å². The summed E-state index contributed by atoms with van der Waals surface area (Å²) in [6.07, 6.45) is 10.3. The average molecular weight is 392 g/mol. The zero-order valence-corrected chi connectivity index (χ0v) is 17.3. The van der Waals surface area contributed by atoms with Gasteiger partial charge in [0.2, 0.25) is 0 Å². The van der Waals surface area contributed by atoms with Crippen LogP contribution in [0.1, 0.15) is 58.6 Å². The lowest BCUT2D eigenvalue weighted by molar-refractivity contribution is 0.0755. The van der Waals surface area contributed by atoms with Gasteiger partial charge in [-0.05, 0) is 61.6 Å². The normalized spacial score (nSPS) is 14.9. The van der Waals surface area contributed by atoms with Crippen LogP contribution in [0.25, 0.3) is 5.65 Å². The third kappa shape index (κ3) is 4.32. The van der Waals surface area contributed by atoms with Gasteiger partial charge in [-0.2, -0.15) is 0 Å². The molecule has 1 amide bonds. The molecule has 6 nitrogen and oxygen atoms in total. The molecule has 0 radical (unpaired) electrons. The summed E-state index contributed by atoms with van der Waals surface area (Å²) in [5.41, 5.74) is 5.86. The maximum atomic E-state index is 13.3. The number of amides is 1. The van der Waals surface area contributed by atoms with Gasteiger partial charge in [-0.15, -0.1) is 0 Å². The van der Waals surface area contributed by atoms with Gasteiger partial charge < -0.3 is 14.6 Å². The molecule has 4 heterocycles. The van der Waals surface area contributed by atoms with E-state index in [1.807, 2.05) is 40.0 Å². The Kier molecular flexibility index (Phi) is 5.90. The molecule has 6 heteroatoms. The minimum atomic E-state index is 0.0603. The van der Waals surface area contributed by atoms with E-state index in [9.17, 15) is 4.79 Å². The van der Waals surface area contributed by atoms with E-state index in [0.29, 0.717) is 12.2 Å². The molecule has 0 spiro atoms. The topological polar surface area (TPSA) is 62.5 Å². The lowest BCUT2D eigenvalue weighted by Gasteiger charge is -2.20. The maximum absolute atomic E-state index is 13.3. The molecule has 3 aromatic heterocycles. The number of nitrogens with one attached hydrogen (secondary N) is 1. The first-order chi connectivity index (χ1) is 14.1. The molecule has 0 atom stereocenters. The monoisotopic (exact) mass is 391 g/mol. The molecule has 1 N–H and O–H groups in total. The number of likely N-dealkylation sites (tertiary alicyclic amines) is 1. The highest BCUT2D eigenvalue weighted by molar-refractivity contribution is 5.94. The SMILES string of the molecule is Cc1ccn2c(CNCc3ccncc3C)c(C(=O)N3CCCCCC3)nc2c1. The Labute approximate surface area is 172 Å². The van der Waals surface area contributed by atoms with E-state index in [0.717, 1.165) is 54.9 Å². The predicted octanol–water partition coefficient (Wildman–Crippen LogP) is 3.65. The summed E-state index contributed by atoms with van der Waals surface area (Å²) in [4.78, 5) is 24.2. The molecule has 0 bridgehead atoms. The van der Waals surface area contributed by atoms with Gasteiger partial charge in [-0.1, -0.05) is 12.8 Å². The van der Waals surface area contributed by atoms with Crippen LogP contribution >= 0.6 is 0 Å². The minimum Gasteiger partial charge on any atom is -0.337 e. The summed E-state index contributed by atoms with van der Waals surface area (Å²) in [6, 6.07) is 6.13. The highest BCUT2D eigenvalue weighted by Crippen LogP contribution is 2.19. The highest BCUT2D eigenvalue weighted by Gasteiger charge is 2.24. The molecule has 1 aliphatic rings. The van der Waals surface area contributed by atoms with E-state index in [2.05, 4.69) is 30.2 Å². The van der Waals surface area contributed by atoms with Gasteiger partial charge in [0.1, 0.15) is 5.65 Å². The molecule has 4 rings (SSSR count). The first-order valence-electron chi connectivity index (χ1n) is 10.5. The van der Waals surface area contributed by atoms with E-state index in [4.69, 9.17) is 4.98 Å². The largest absolute Gasteiger partial charge is 0.337 e. The van der Waals surface area contributed by atoms with Gasteiger partial charge in [-0.25, -0.2) is 4.98 Å². The van der Waals surface area contributed by atoms with Crippen LogP contribution in [0.4, 0.5) is 0 Å². The van der Waals surface area contributed by atoms with Crippen molar-refractivity contribution in [1.29, 1.82) is 0 Å². The second-order valence-corrected chi connectivity index (χ2v) is 7.95. The number of carbonyl (C=O) groups is 1. The number of carbonyl (C=O) groups excluding carboxylic acids is 1. The molecule has 0 unspecified atom stereocenters.